The third kappa shape index (κ3) is 6.82. The number of ether oxygens (including phenoxy) is 4. The topological polar surface area (TPSA) is 66.9 Å². The number of esters is 1. The molecule has 2 aromatic rings. The van der Waals surface area contributed by atoms with Crippen LogP contribution in [0.3, 0.4) is 0 Å². The van der Waals surface area contributed by atoms with Crippen LogP contribution >= 0.6 is 0 Å². The Morgan fingerprint density at radius 3 is 2.94 bits per heavy atom. The van der Waals surface area contributed by atoms with E-state index in [1.165, 1.54) is 5.56 Å². The summed E-state index contributed by atoms with van der Waals surface area (Å²) in [5.41, 5.74) is 3.79. The van der Waals surface area contributed by atoms with Crippen LogP contribution in [-0.4, -0.2) is 38.1 Å². The number of nitrogens with zero attached hydrogens (tertiary/aromatic N) is 1. The molecule has 1 aliphatic heterocycles. The number of methoxy groups -OCH3 is 1. The molecule has 1 aromatic heterocycles. The summed E-state index contributed by atoms with van der Waals surface area (Å²) < 4.78 is 21.8. The first-order valence-electron chi connectivity index (χ1n) is 10.9. The van der Waals surface area contributed by atoms with Crippen molar-refractivity contribution in [3.63, 3.8) is 0 Å². The van der Waals surface area contributed by atoms with Crippen LogP contribution in [0, 0.1) is 0 Å². The molecule has 0 radical (unpaired) electrons. The highest BCUT2D eigenvalue weighted by molar-refractivity contribution is 5.94. The number of carbonyl (C=O) groups excluding carboxylic acids is 1. The van der Waals surface area contributed by atoms with Gasteiger partial charge in [-0.2, -0.15) is 0 Å². The van der Waals surface area contributed by atoms with Gasteiger partial charge in [-0.1, -0.05) is 12.5 Å². The van der Waals surface area contributed by atoms with Crippen molar-refractivity contribution in [1.82, 2.24) is 4.98 Å². The summed E-state index contributed by atoms with van der Waals surface area (Å²) in [5.74, 6) is 1.24. The number of benzene rings is 1. The number of aryl methyl sites for hydroxylation is 1. The number of hydrogen-bond acceptors (Lipinski definition) is 6. The van der Waals surface area contributed by atoms with Crippen LogP contribution in [0.1, 0.15) is 49.3 Å². The van der Waals surface area contributed by atoms with Crippen LogP contribution in [0.4, 0.5) is 0 Å². The largest absolute Gasteiger partial charge is 0.493 e. The van der Waals surface area contributed by atoms with Gasteiger partial charge >= 0.3 is 5.97 Å². The maximum absolute atomic E-state index is 12.6. The zero-order valence-electron chi connectivity index (χ0n) is 18.4. The van der Waals surface area contributed by atoms with Crippen LogP contribution < -0.4 is 9.47 Å². The third-order valence-corrected chi connectivity index (χ3v) is 5.16. The average Bonchev–Trinajstić information content (AvgIpc) is 3.24. The van der Waals surface area contributed by atoms with Crippen molar-refractivity contribution in [1.29, 1.82) is 0 Å². The number of rotatable bonds is 12. The zero-order valence-corrected chi connectivity index (χ0v) is 18.4. The molecule has 0 aliphatic carbocycles. The molecular formula is C25H31NO5. The summed E-state index contributed by atoms with van der Waals surface area (Å²) in [6, 6.07) is 7.97. The lowest BCUT2D eigenvalue weighted by molar-refractivity contribution is -0.138. The Hall–Kier alpha value is -2.86. The summed E-state index contributed by atoms with van der Waals surface area (Å²) in [7, 11) is 1.58. The molecule has 0 saturated heterocycles. The first kappa shape index (κ1) is 22.8. The fraction of sp³-hybridized carbons (Fsp3) is 0.440. The van der Waals surface area contributed by atoms with E-state index in [9.17, 15) is 4.79 Å². The molecule has 166 valence electrons. The predicted octanol–water partition coefficient (Wildman–Crippen LogP) is 4.75. The molecule has 0 fully saturated rings. The van der Waals surface area contributed by atoms with Crippen LogP contribution in [0.25, 0.3) is 6.08 Å². The smallest absolute Gasteiger partial charge is 0.334 e. The van der Waals surface area contributed by atoms with E-state index in [1.807, 2.05) is 37.4 Å². The summed E-state index contributed by atoms with van der Waals surface area (Å²) in [6.07, 6.45) is 11.0. The van der Waals surface area contributed by atoms with Crippen molar-refractivity contribution < 1.29 is 23.7 Å². The van der Waals surface area contributed by atoms with Crippen molar-refractivity contribution in [3.8, 4) is 11.5 Å². The Kier molecular flexibility index (Phi) is 8.91. The summed E-state index contributed by atoms with van der Waals surface area (Å²) in [6.45, 7) is 2.97. The predicted molar refractivity (Wildman–Crippen MR) is 119 cm³/mol. The maximum atomic E-state index is 12.6. The van der Waals surface area contributed by atoms with Gasteiger partial charge in [0.25, 0.3) is 0 Å². The fourth-order valence-corrected chi connectivity index (χ4v) is 3.59. The maximum Gasteiger partial charge on any atom is 0.334 e. The van der Waals surface area contributed by atoms with Gasteiger partial charge in [0.2, 0.25) is 0 Å². The van der Waals surface area contributed by atoms with Gasteiger partial charge in [0.15, 0.2) is 6.79 Å². The molecule has 2 heterocycles. The number of pyridine rings is 1. The molecule has 3 rings (SSSR count). The molecule has 0 saturated carbocycles. The van der Waals surface area contributed by atoms with E-state index in [1.54, 1.807) is 13.3 Å². The van der Waals surface area contributed by atoms with Crippen molar-refractivity contribution in [3.05, 3.63) is 58.9 Å². The zero-order chi connectivity index (χ0) is 21.9. The molecule has 0 spiro atoms. The minimum Gasteiger partial charge on any atom is -0.493 e. The lowest BCUT2D eigenvalue weighted by Crippen LogP contribution is -2.08. The quantitative estimate of drug-likeness (QED) is 0.212. The molecule has 6 nitrogen and oxygen atoms in total. The Bertz CT molecular complexity index is 879. The second kappa shape index (κ2) is 12.1. The summed E-state index contributed by atoms with van der Waals surface area (Å²) in [5, 5.41) is 0. The molecule has 0 amide bonds. The monoisotopic (exact) mass is 425 g/mol. The van der Waals surface area contributed by atoms with Crippen LogP contribution in [0.15, 0.2) is 42.2 Å². The minimum atomic E-state index is -0.283. The third-order valence-electron chi connectivity index (χ3n) is 5.16. The SMILES string of the molecule is CCOC(=O)/C(=C/c1cc2c(cc1OCOC)CCO2)CCCCCc1cccnc1. The normalized spacial score (nSPS) is 12.9. The van der Waals surface area contributed by atoms with Gasteiger partial charge in [0.05, 0.1) is 13.2 Å². The molecule has 0 bridgehead atoms. The molecule has 0 unspecified atom stereocenters. The Morgan fingerprint density at radius 2 is 2.16 bits per heavy atom. The summed E-state index contributed by atoms with van der Waals surface area (Å²) >= 11 is 0. The highest BCUT2D eigenvalue weighted by atomic mass is 16.7. The second-order valence-electron chi connectivity index (χ2n) is 7.46. The fourth-order valence-electron chi connectivity index (χ4n) is 3.59. The number of unbranched alkanes of at least 4 members (excludes halogenated alkanes) is 2. The van der Waals surface area contributed by atoms with Crippen molar-refractivity contribution in [2.24, 2.45) is 0 Å². The first-order chi connectivity index (χ1) is 15.2. The van der Waals surface area contributed by atoms with Gasteiger partial charge in [-0.25, -0.2) is 4.79 Å². The number of fused-ring (bicyclic) bond motifs is 1. The van der Waals surface area contributed by atoms with E-state index < -0.39 is 0 Å². The second-order valence-corrected chi connectivity index (χ2v) is 7.46. The highest BCUT2D eigenvalue weighted by Gasteiger charge is 2.18. The number of aromatic nitrogens is 1. The molecule has 0 atom stereocenters. The average molecular weight is 426 g/mol. The van der Waals surface area contributed by atoms with Crippen LogP contribution in [0.5, 0.6) is 11.5 Å². The molecule has 6 heteroatoms. The Balaban J connectivity index is 1.69. The van der Waals surface area contributed by atoms with Gasteiger partial charge in [-0.3, -0.25) is 4.98 Å². The van der Waals surface area contributed by atoms with Crippen molar-refractivity contribution >= 4 is 12.0 Å². The van der Waals surface area contributed by atoms with Crippen molar-refractivity contribution in [2.45, 2.75) is 45.4 Å². The standard InChI is InChI=1S/C25H31NO5/c1-3-29-25(27)21(10-6-4-5-8-19-9-7-12-26-17-19)14-22-16-23-20(11-13-30-23)15-24(22)31-18-28-2/h7,9,12,14-17H,3-6,8,10-11,13,18H2,1-2H3/b21-14+. The van der Waals surface area contributed by atoms with Gasteiger partial charge in [-0.05, 0) is 62.4 Å². The highest BCUT2D eigenvalue weighted by Crippen LogP contribution is 2.34. The van der Waals surface area contributed by atoms with Gasteiger partial charge < -0.3 is 18.9 Å². The van der Waals surface area contributed by atoms with E-state index in [-0.39, 0.29) is 12.8 Å². The minimum absolute atomic E-state index is 0.142. The number of carbonyl (C=O) groups is 1. The molecule has 1 aliphatic rings. The van der Waals surface area contributed by atoms with E-state index >= 15 is 0 Å². The van der Waals surface area contributed by atoms with Gasteiger partial charge in [-0.15, -0.1) is 0 Å². The lowest BCUT2D eigenvalue weighted by Gasteiger charge is -2.13. The van der Waals surface area contributed by atoms with E-state index in [4.69, 9.17) is 18.9 Å². The number of hydrogen-bond donors (Lipinski definition) is 0. The van der Waals surface area contributed by atoms with Crippen LogP contribution in [0.2, 0.25) is 0 Å². The van der Waals surface area contributed by atoms with Gasteiger partial charge in [0, 0.05) is 42.6 Å². The molecule has 0 N–H and O–H groups in total. The molecule has 1 aromatic carbocycles. The summed E-state index contributed by atoms with van der Waals surface area (Å²) in [4.78, 5) is 16.8. The Labute approximate surface area is 184 Å². The lowest BCUT2D eigenvalue weighted by atomic mass is 10.0. The van der Waals surface area contributed by atoms with Crippen molar-refractivity contribution in [2.75, 3.05) is 27.1 Å². The molecular weight excluding hydrogens is 394 g/mol. The van der Waals surface area contributed by atoms with E-state index in [0.717, 1.165) is 49.0 Å². The van der Waals surface area contributed by atoms with E-state index in [2.05, 4.69) is 11.1 Å². The Morgan fingerprint density at radius 1 is 1.26 bits per heavy atom. The van der Waals surface area contributed by atoms with E-state index in [0.29, 0.717) is 31.0 Å². The van der Waals surface area contributed by atoms with Gasteiger partial charge in [0.1, 0.15) is 11.5 Å². The van der Waals surface area contributed by atoms with Crippen LogP contribution in [-0.2, 0) is 27.1 Å². The first-order valence-corrected chi connectivity index (χ1v) is 10.9. The molecule has 31 heavy (non-hydrogen) atoms.